The predicted octanol–water partition coefficient (Wildman–Crippen LogP) is 0.374. The van der Waals surface area contributed by atoms with E-state index in [0.29, 0.717) is 32.3 Å². The van der Waals surface area contributed by atoms with E-state index in [-0.39, 0.29) is 5.60 Å². The van der Waals surface area contributed by atoms with Crippen LogP contribution in [0, 0.1) is 0 Å². The summed E-state index contributed by atoms with van der Waals surface area (Å²) in [7, 11) is 3.24. The molecule has 0 aromatic rings. The smallest absolute Gasteiger partial charge is 0.323 e. The van der Waals surface area contributed by atoms with Gasteiger partial charge < -0.3 is 20.3 Å². The highest BCUT2D eigenvalue weighted by Gasteiger charge is 2.45. The lowest BCUT2D eigenvalue weighted by Crippen LogP contribution is -2.55. The molecule has 0 aromatic heterocycles. The quantitative estimate of drug-likeness (QED) is 0.711. The van der Waals surface area contributed by atoms with Crippen LogP contribution in [0.3, 0.4) is 0 Å². The molecule has 0 atom stereocenters. The fourth-order valence-corrected chi connectivity index (χ4v) is 2.04. The second kappa shape index (κ2) is 4.47. The molecule has 0 radical (unpaired) electrons. The van der Waals surface area contributed by atoms with Crippen molar-refractivity contribution in [2.45, 2.75) is 36.8 Å². The van der Waals surface area contributed by atoms with E-state index in [1.165, 1.54) is 0 Å². The van der Waals surface area contributed by atoms with Crippen molar-refractivity contribution >= 4 is 5.97 Å². The van der Waals surface area contributed by atoms with E-state index in [9.17, 15) is 4.79 Å². The molecule has 1 aliphatic rings. The molecule has 0 bridgehead atoms. The van der Waals surface area contributed by atoms with Crippen LogP contribution in [0.5, 0.6) is 0 Å². The minimum absolute atomic E-state index is 0.354. The fraction of sp³-hybridized carbons (Fsp3) is 0.900. The van der Waals surface area contributed by atoms with Gasteiger partial charge in [-0.05, 0) is 25.7 Å². The van der Waals surface area contributed by atoms with Crippen LogP contribution < -0.4 is 5.73 Å². The lowest BCUT2D eigenvalue weighted by Gasteiger charge is -2.41. The number of aliphatic carboxylic acids is 1. The number of nitrogens with two attached hydrogens (primary N) is 1. The Morgan fingerprint density at radius 3 is 2.20 bits per heavy atom. The third-order valence-corrected chi connectivity index (χ3v) is 3.32. The molecule has 0 heterocycles. The first-order chi connectivity index (χ1) is 6.98. The molecule has 1 rings (SSSR count). The summed E-state index contributed by atoms with van der Waals surface area (Å²) in [6.45, 7) is 0.485. The Balaban J connectivity index is 2.64. The van der Waals surface area contributed by atoms with Gasteiger partial charge in [-0.2, -0.15) is 0 Å². The molecule has 0 spiro atoms. The molecule has 88 valence electrons. The lowest BCUT2D eigenvalue weighted by atomic mass is 9.74. The number of carbonyl (C=O) groups is 1. The van der Waals surface area contributed by atoms with Gasteiger partial charge in [0.2, 0.25) is 0 Å². The van der Waals surface area contributed by atoms with Crippen molar-refractivity contribution in [2.24, 2.45) is 5.73 Å². The first kappa shape index (κ1) is 12.4. The van der Waals surface area contributed by atoms with Crippen molar-refractivity contribution in [3.8, 4) is 0 Å². The maximum Gasteiger partial charge on any atom is 0.323 e. The molecule has 1 saturated carbocycles. The molecule has 3 N–H and O–H groups in total. The van der Waals surface area contributed by atoms with E-state index in [0.717, 1.165) is 0 Å². The average Bonchev–Trinajstić information content (AvgIpc) is 2.22. The van der Waals surface area contributed by atoms with Crippen LogP contribution in [-0.2, 0) is 14.3 Å². The number of methoxy groups -OCH3 is 2. The summed E-state index contributed by atoms with van der Waals surface area (Å²) >= 11 is 0. The Labute approximate surface area is 89.5 Å². The van der Waals surface area contributed by atoms with Crippen molar-refractivity contribution in [1.82, 2.24) is 0 Å². The van der Waals surface area contributed by atoms with Gasteiger partial charge in [0.15, 0.2) is 0 Å². The largest absolute Gasteiger partial charge is 0.480 e. The summed E-state index contributed by atoms with van der Waals surface area (Å²) in [4.78, 5) is 10.9. The van der Waals surface area contributed by atoms with Crippen LogP contribution in [0.2, 0.25) is 0 Å². The van der Waals surface area contributed by atoms with Gasteiger partial charge in [0.25, 0.3) is 0 Å². The molecule has 0 aromatic carbocycles. The standard InChI is InChI=1S/C10H19NO4/c1-14-7-9(15-2)3-5-10(11,6-4-9)8(12)13/h3-7,11H2,1-2H3,(H,12,13). The summed E-state index contributed by atoms with van der Waals surface area (Å²) in [5.41, 5.74) is 4.34. The minimum Gasteiger partial charge on any atom is -0.480 e. The second-order valence-electron chi connectivity index (χ2n) is 4.28. The van der Waals surface area contributed by atoms with Gasteiger partial charge in [0.05, 0.1) is 12.2 Å². The fourth-order valence-electron chi connectivity index (χ4n) is 2.04. The normalized spacial score (nSPS) is 36.5. The third kappa shape index (κ3) is 2.48. The topological polar surface area (TPSA) is 81.8 Å². The van der Waals surface area contributed by atoms with Crippen LogP contribution >= 0.6 is 0 Å². The first-order valence-electron chi connectivity index (χ1n) is 5.04. The van der Waals surface area contributed by atoms with Crippen LogP contribution in [-0.4, -0.2) is 43.0 Å². The van der Waals surface area contributed by atoms with Crippen molar-refractivity contribution in [3.05, 3.63) is 0 Å². The predicted molar refractivity (Wildman–Crippen MR) is 54.6 cm³/mol. The Morgan fingerprint density at radius 2 is 1.87 bits per heavy atom. The zero-order valence-corrected chi connectivity index (χ0v) is 9.28. The monoisotopic (exact) mass is 217 g/mol. The van der Waals surface area contributed by atoms with E-state index >= 15 is 0 Å². The average molecular weight is 217 g/mol. The molecule has 1 aliphatic carbocycles. The van der Waals surface area contributed by atoms with E-state index < -0.39 is 11.5 Å². The summed E-state index contributed by atoms with van der Waals surface area (Å²) in [6.07, 6.45) is 2.11. The molecular weight excluding hydrogens is 198 g/mol. The van der Waals surface area contributed by atoms with Crippen molar-refractivity contribution in [1.29, 1.82) is 0 Å². The number of ether oxygens (including phenoxy) is 2. The number of carboxylic acids is 1. The highest BCUT2D eigenvalue weighted by molar-refractivity contribution is 5.78. The Morgan fingerprint density at radius 1 is 1.33 bits per heavy atom. The van der Waals surface area contributed by atoms with Crippen LogP contribution in [0.15, 0.2) is 0 Å². The van der Waals surface area contributed by atoms with Crippen LogP contribution in [0.25, 0.3) is 0 Å². The first-order valence-corrected chi connectivity index (χ1v) is 5.04. The molecular formula is C10H19NO4. The summed E-state index contributed by atoms with van der Waals surface area (Å²) in [6, 6.07) is 0. The Bertz CT molecular complexity index is 234. The van der Waals surface area contributed by atoms with Crippen molar-refractivity contribution in [3.63, 3.8) is 0 Å². The molecule has 5 nitrogen and oxygen atoms in total. The molecule has 0 unspecified atom stereocenters. The Kier molecular flexibility index (Phi) is 3.70. The van der Waals surface area contributed by atoms with Crippen molar-refractivity contribution < 1.29 is 19.4 Å². The molecule has 15 heavy (non-hydrogen) atoms. The van der Waals surface area contributed by atoms with Crippen LogP contribution in [0.4, 0.5) is 0 Å². The van der Waals surface area contributed by atoms with Gasteiger partial charge in [-0.3, -0.25) is 4.79 Å². The van der Waals surface area contributed by atoms with E-state index in [4.69, 9.17) is 20.3 Å². The minimum atomic E-state index is -1.09. The summed E-state index contributed by atoms with van der Waals surface area (Å²) in [5.74, 6) is -0.926. The summed E-state index contributed by atoms with van der Waals surface area (Å²) < 4.78 is 10.5. The van der Waals surface area contributed by atoms with Gasteiger partial charge in [-0.15, -0.1) is 0 Å². The lowest BCUT2D eigenvalue weighted by molar-refractivity contribution is -0.150. The third-order valence-electron chi connectivity index (χ3n) is 3.32. The molecule has 0 saturated heterocycles. The highest BCUT2D eigenvalue weighted by atomic mass is 16.5. The van der Waals surface area contributed by atoms with Gasteiger partial charge in [-0.25, -0.2) is 0 Å². The van der Waals surface area contributed by atoms with E-state index in [1.807, 2.05) is 0 Å². The van der Waals surface area contributed by atoms with Gasteiger partial charge in [0, 0.05) is 14.2 Å². The molecule has 1 fully saturated rings. The van der Waals surface area contributed by atoms with Crippen molar-refractivity contribution in [2.75, 3.05) is 20.8 Å². The number of carboxylic acid groups (broad SMARTS) is 1. The number of hydrogen-bond donors (Lipinski definition) is 2. The maximum absolute atomic E-state index is 10.9. The zero-order chi connectivity index (χ0) is 11.5. The number of hydrogen-bond acceptors (Lipinski definition) is 4. The van der Waals surface area contributed by atoms with E-state index in [2.05, 4.69) is 0 Å². The van der Waals surface area contributed by atoms with E-state index in [1.54, 1.807) is 14.2 Å². The van der Waals surface area contributed by atoms with Crippen LogP contribution in [0.1, 0.15) is 25.7 Å². The van der Waals surface area contributed by atoms with Gasteiger partial charge in [0.1, 0.15) is 5.54 Å². The zero-order valence-electron chi connectivity index (χ0n) is 9.28. The maximum atomic E-state index is 10.9. The van der Waals surface area contributed by atoms with Gasteiger partial charge in [-0.1, -0.05) is 0 Å². The SMILES string of the molecule is COCC1(OC)CCC(N)(C(=O)O)CC1. The number of rotatable bonds is 4. The second-order valence-corrected chi connectivity index (χ2v) is 4.28. The molecule has 5 heteroatoms. The molecule has 0 amide bonds. The highest BCUT2D eigenvalue weighted by Crippen LogP contribution is 2.36. The molecule has 0 aliphatic heterocycles. The Hall–Kier alpha value is -0.650. The van der Waals surface area contributed by atoms with Gasteiger partial charge >= 0.3 is 5.97 Å². The summed E-state index contributed by atoms with van der Waals surface area (Å²) in [5, 5.41) is 8.97.